The first-order chi connectivity index (χ1) is 9.92. The third kappa shape index (κ3) is 3.92. The molecule has 21 heavy (non-hydrogen) atoms. The summed E-state index contributed by atoms with van der Waals surface area (Å²) in [6.45, 7) is 0.934. The van der Waals surface area contributed by atoms with Gasteiger partial charge in [-0.2, -0.15) is 17.4 Å². The number of nitrogens with zero attached hydrogens (tertiary/aromatic N) is 1. The smallest absolute Gasteiger partial charge is 0.326 e. The van der Waals surface area contributed by atoms with Crippen LogP contribution in [-0.2, 0) is 19.7 Å². The van der Waals surface area contributed by atoms with Crippen molar-refractivity contribution in [3.8, 4) is 0 Å². The molecule has 0 aromatic heterocycles. The first-order valence-electron chi connectivity index (χ1n) is 6.24. The Kier molecular flexibility index (Phi) is 5.17. The van der Waals surface area contributed by atoms with Crippen LogP contribution in [0.5, 0.6) is 0 Å². The maximum absolute atomic E-state index is 12.2. The summed E-state index contributed by atoms with van der Waals surface area (Å²) in [5, 5.41) is 9.47. The van der Waals surface area contributed by atoms with Gasteiger partial charge in [0.05, 0.1) is 13.2 Å². The van der Waals surface area contributed by atoms with Crippen LogP contribution in [0.3, 0.4) is 0 Å². The zero-order valence-electron chi connectivity index (χ0n) is 11.0. The highest BCUT2D eigenvalue weighted by Gasteiger charge is 2.32. The van der Waals surface area contributed by atoms with E-state index in [1.807, 2.05) is 0 Å². The van der Waals surface area contributed by atoms with Crippen LogP contribution in [0.25, 0.3) is 0 Å². The number of hydrogen-bond acceptors (Lipinski definition) is 4. The van der Waals surface area contributed by atoms with Gasteiger partial charge in [-0.15, -0.1) is 0 Å². The Balaban J connectivity index is 2.24. The molecular weight excluding hydrogens is 320 g/mol. The molecule has 1 aliphatic heterocycles. The molecule has 0 aliphatic carbocycles. The predicted octanol–water partition coefficient (Wildman–Crippen LogP) is 0.632. The van der Waals surface area contributed by atoms with Crippen molar-refractivity contribution in [3.05, 3.63) is 34.9 Å². The molecule has 1 aromatic carbocycles. The molecule has 1 saturated heterocycles. The molecule has 2 N–H and O–H groups in total. The summed E-state index contributed by atoms with van der Waals surface area (Å²) in [5.41, 5.74) is 0.198. The molecule has 0 bridgehead atoms. The number of halogens is 1. The number of aliphatic carboxylic acids is 1. The van der Waals surface area contributed by atoms with E-state index in [-0.39, 0.29) is 36.9 Å². The van der Waals surface area contributed by atoms with Crippen LogP contribution >= 0.6 is 11.6 Å². The SMILES string of the molecule is O=C(O)[C@H](NS(=O)(=O)N1CCOCC1)c1ccccc1Cl. The van der Waals surface area contributed by atoms with E-state index in [1.54, 1.807) is 12.1 Å². The summed E-state index contributed by atoms with van der Waals surface area (Å²) in [7, 11) is -3.93. The van der Waals surface area contributed by atoms with E-state index in [0.717, 1.165) is 4.31 Å². The van der Waals surface area contributed by atoms with Crippen LogP contribution in [-0.4, -0.2) is 50.1 Å². The lowest BCUT2D eigenvalue weighted by molar-refractivity contribution is -0.139. The fourth-order valence-corrected chi connectivity index (χ4v) is 3.52. The molecule has 1 fully saturated rings. The highest BCUT2D eigenvalue weighted by molar-refractivity contribution is 7.87. The molecule has 1 heterocycles. The number of benzene rings is 1. The number of ether oxygens (including phenoxy) is 1. The van der Waals surface area contributed by atoms with E-state index >= 15 is 0 Å². The number of carboxylic acids is 1. The van der Waals surface area contributed by atoms with Crippen molar-refractivity contribution >= 4 is 27.8 Å². The maximum atomic E-state index is 12.2. The minimum absolute atomic E-state index is 0.185. The van der Waals surface area contributed by atoms with Crippen LogP contribution in [0.2, 0.25) is 5.02 Å². The van der Waals surface area contributed by atoms with E-state index in [9.17, 15) is 18.3 Å². The second-order valence-corrected chi connectivity index (χ2v) is 6.54. The summed E-state index contributed by atoms with van der Waals surface area (Å²) >= 11 is 5.95. The lowest BCUT2D eigenvalue weighted by Gasteiger charge is -2.27. The lowest BCUT2D eigenvalue weighted by Crippen LogP contribution is -2.48. The number of hydrogen-bond donors (Lipinski definition) is 2. The summed E-state index contributed by atoms with van der Waals surface area (Å²) in [4.78, 5) is 11.4. The molecule has 116 valence electrons. The molecule has 7 nitrogen and oxygen atoms in total. The molecule has 0 unspecified atom stereocenters. The summed E-state index contributed by atoms with van der Waals surface area (Å²) in [6, 6.07) is 4.78. The zero-order valence-corrected chi connectivity index (χ0v) is 12.6. The van der Waals surface area contributed by atoms with Crippen LogP contribution in [0.15, 0.2) is 24.3 Å². The highest BCUT2D eigenvalue weighted by atomic mass is 35.5. The van der Waals surface area contributed by atoms with Crippen molar-refractivity contribution in [3.63, 3.8) is 0 Å². The van der Waals surface area contributed by atoms with Crippen molar-refractivity contribution in [2.75, 3.05) is 26.3 Å². The van der Waals surface area contributed by atoms with Crippen LogP contribution in [0.4, 0.5) is 0 Å². The highest BCUT2D eigenvalue weighted by Crippen LogP contribution is 2.24. The average Bonchev–Trinajstić information content (AvgIpc) is 2.46. The van der Waals surface area contributed by atoms with Gasteiger partial charge in [0.1, 0.15) is 6.04 Å². The second kappa shape index (κ2) is 6.71. The van der Waals surface area contributed by atoms with Gasteiger partial charge in [-0.25, -0.2) is 0 Å². The van der Waals surface area contributed by atoms with Crippen molar-refractivity contribution in [2.24, 2.45) is 0 Å². The molecule has 0 spiro atoms. The minimum Gasteiger partial charge on any atom is -0.480 e. The van der Waals surface area contributed by atoms with Crippen molar-refractivity contribution in [2.45, 2.75) is 6.04 Å². The monoisotopic (exact) mass is 334 g/mol. The van der Waals surface area contributed by atoms with Crippen molar-refractivity contribution in [1.29, 1.82) is 0 Å². The third-order valence-electron chi connectivity index (χ3n) is 3.04. The quantitative estimate of drug-likeness (QED) is 0.823. The molecule has 9 heteroatoms. The first kappa shape index (κ1) is 16.2. The maximum Gasteiger partial charge on any atom is 0.326 e. The Hall–Kier alpha value is -1.19. The van der Waals surface area contributed by atoms with Gasteiger partial charge >= 0.3 is 5.97 Å². The lowest BCUT2D eigenvalue weighted by atomic mass is 10.1. The molecule has 1 aromatic rings. The van der Waals surface area contributed by atoms with Crippen molar-refractivity contribution < 1.29 is 23.1 Å². The molecular formula is C12H15ClN2O5S. The number of carbonyl (C=O) groups is 1. The van der Waals surface area contributed by atoms with E-state index in [1.165, 1.54) is 12.1 Å². The Labute approximate surface area is 127 Å². The molecule has 1 aliphatic rings. The second-order valence-electron chi connectivity index (χ2n) is 4.43. The van der Waals surface area contributed by atoms with Gasteiger partial charge in [0.15, 0.2) is 0 Å². The van der Waals surface area contributed by atoms with Crippen LogP contribution < -0.4 is 4.72 Å². The summed E-state index contributed by atoms with van der Waals surface area (Å²) < 4.78 is 32.9. The zero-order chi connectivity index (χ0) is 15.5. The van der Waals surface area contributed by atoms with Gasteiger partial charge in [-0.1, -0.05) is 29.8 Å². The standard InChI is InChI=1S/C12H15ClN2O5S/c13-10-4-2-1-3-9(10)11(12(16)17)14-21(18,19)15-5-7-20-8-6-15/h1-4,11,14H,5-8H2,(H,16,17)/t11-/m1/s1. The van der Waals surface area contributed by atoms with E-state index in [4.69, 9.17) is 16.3 Å². The number of rotatable bonds is 5. The van der Waals surface area contributed by atoms with E-state index in [0.29, 0.717) is 0 Å². The van der Waals surface area contributed by atoms with Gasteiger partial charge in [-0.05, 0) is 11.6 Å². The van der Waals surface area contributed by atoms with E-state index in [2.05, 4.69) is 4.72 Å². The largest absolute Gasteiger partial charge is 0.480 e. The Morgan fingerprint density at radius 3 is 2.52 bits per heavy atom. The average molecular weight is 335 g/mol. The molecule has 0 saturated carbocycles. The molecule has 0 radical (unpaired) electrons. The fraction of sp³-hybridized carbons (Fsp3) is 0.417. The van der Waals surface area contributed by atoms with Gasteiger partial charge in [-0.3, -0.25) is 4.79 Å². The fourth-order valence-electron chi connectivity index (χ4n) is 1.97. The third-order valence-corrected chi connectivity index (χ3v) is 4.96. The summed E-state index contributed by atoms with van der Waals surface area (Å²) in [6.07, 6.45) is 0. The summed E-state index contributed by atoms with van der Waals surface area (Å²) in [5.74, 6) is -1.32. The molecule has 1 atom stereocenters. The van der Waals surface area contributed by atoms with Gasteiger partial charge < -0.3 is 9.84 Å². The normalized spacial score (nSPS) is 18.3. The predicted molar refractivity (Wildman–Crippen MR) is 76.3 cm³/mol. The Morgan fingerprint density at radius 2 is 1.95 bits per heavy atom. The van der Waals surface area contributed by atoms with Crippen LogP contribution in [0, 0.1) is 0 Å². The van der Waals surface area contributed by atoms with Gasteiger partial charge in [0.2, 0.25) is 0 Å². The number of morpholine rings is 1. The Morgan fingerprint density at radius 1 is 1.33 bits per heavy atom. The van der Waals surface area contributed by atoms with Gasteiger partial charge in [0, 0.05) is 18.1 Å². The van der Waals surface area contributed by atoms with Crippen molar-refractivity contribution in [1.82, 2.24) is 9.03 Å². The first-order valence-corrected chi connectivity index (χ1v) is 8.06. The topological polar surface area (TPSA) is 95.9 Å². The molecule has 0 amide bonds. The van der Waals surface area contributed by atoms with Gasteiger partial charge in [0.25, 0.3) is 10.2 Å². The minimum atomic E-state index is -3.93. The number of carboxylic acid groups (broad SMARTS) is 1. The Bertz CT molecular complexity index is 616. The van der Waals surface area contributed by atoms with E-state index < -0.39 is 22.2 Å². The number of nitrogens with one attached hydrogen (secondary N) is 1. The van der Waals surface area contributed by atoms with Crippen LogP contribution in [0.1, 0.15) is 11.6 Å². The molecule has 2 rings (SSSR count).